The Morgan fingerprint density at radius 2 is 1.51 bits per heavy atom. The molecule has 3 fully saturated rings. The Morgan fingerprint density at radius 3 is 2.20 bits per heavy atom. The SMILES string of the molecule is O=C(COc1ccc([C@@H]2c3sc(=O)[nH]c3S[C@@H]3[C@@H]4C[C@@H]([C@@H]5C(=O)N(c6cccc(C(F)(F)F)c6)C(=O)[C@@H]45)[C@H]23)cc1)Nc1cccc(C(F)(F)F)c1. The molecule has 3 amide bonds. The fourth-order valence-electron chi connectivity index (χ4n) is 8.36. The normalized spacial score (nSPS) is 26.5. The van der Waals surface area contributed by atoms with E-state index in [0.717, 1.165) is 50.9 Å². The lowest BCUT2D eigenvalue weighted by molar-refractivity contribution is -0.138. The van der Waals surface area contributed by atoms with Gasteiger partial charge in [-0.2, -0.15) is 26.3 Å². The van der Waals surface area contributed by atoms with E-state index >= 15 is 0 Å². The monoisotopic (exact) mass is 745 g/mol. The Bertz CT molecular complexity index is 2130. The van der Waals surface area contributed by atoms with Gasteiger partial charge in [-0.25, -0.2) is 0 Å². The number of aromatic amines is 1. The molecule has 1 saturated heterocycles. The first-order valence-corrected chi connectivity index (χ1v) is 17.5. The van der Waals surface area contributed by atoms with Crippen molar-refractivity contribution in [2.24, 2.45) is 29.6 Å². The molecule has 51 heavy (non-hydrogen) atoms. The van der Waals surface area contributed by atoms with Gasteiger partial charge in [0.05, 0.1) is 33.7 Å². The molecule has 264 valence electrons. The van der Waals surface area contributed by atoms with E-state index in [4.69, 9.17) is 4.74 Å². The van der Waals surface area contributed by atoms with Crippen LogP contribution in [0.2, 0.25) is 0 Å². The molecule has 0 unspecified atom stereocenters. The van der Waals surface area contributed by atoms with Gasteiger partial charge in [-0.3, -0.25) is 24.1 Å². The third-order valence-corrected chi connectivity index (χ3v) is 12.8. The Morgan fingerprint density at radius 1 is 0.863 bits per heavy atom. The standard InChI is InChI=1S/C35H25F6N3O5S2/c36-34(37,38)16-3-1-5-18(11-16)42-23(45)14-49-20-9-7-15(8-10-20)24-25-21-13-22(28(25)50-30-29(24)51-33(48)43-30)27-26(21)31(46)44(32(27)47)19-6-2-4-17(12-19)35(39,40)41/h1-12,21-22,24-28H,13-14H2,(H,42,45)(H,43,48)/t21-,22-,24+,25-,26+,27+,28-/m1/s1. The third kappa shape index (κ3) is 5.72. The number of imide groups is 1. The van der Waals surface area contributed by atoms with Crippen LogP contribution in [-0.2, 0) is 26.7 Å². The molecule has 2 aliphatic carbocycles. The highest BCUT2D eigenvalue weighted by atomic mass is 32.2. The molecule has 2 N–H and O–H groups in total. The zero-order chi connectivity index (χ0) is 36.0. The number of amides is 3. The maximum absolute atomic E-state index is 13.9. The number of benzene rings is 3. The first-order chi connectivity index (χ1) is 24.2. The largest absolute Gasteiger partial charge is 0.484 e. The molecule has 4 aromatic rings. The van der Waals surface area contributed by atoms with Gasteiger partial charge in [-0.1, -0.05) is 35.6 Å². The molecule has 0 radical (unpaired) electrons. The fraction of sp³-hybridized carbons (Fsp3) is 0.314. The summed E-state index contributed by atoms with van der Waals surface area (Å²) >= 11 is 2.54. The Labute approximate surface area is 293 Å². The van der Waals surface area contributed by atoms with Gasteiger partial charge in [0, 0.05) is 21.7 Å². The summed E-state index contributed by atoms with van der Waals surface area (Å²) in [6, 6.07) is 15.3. The van der Waals surface area contributed by atoms with Gasteiger partial charge in [0.1, 0.15) is 5.75 Å². The molecule has 3 aromatic carbocycles. The minimum Gasteiger partial charge on any atom is -0.484 e. The number of aromatic nitrogens is 1. The van der Waals surface area contributed by atoms with Crippen LogP contribution < -0.4 is 19.8 Å². The van der Waals surface area contributed by atoms with Gasteiger partial charge >= 0.3 is 17.2 Å². The lowest BCUT2D eigenvalue weighted by Gasteiger charge is -2.43. The fourth-order valence-corrected chi connectivity index (χ4v) is 11.2. The van der Waals surface area contributed by atoms with Crippen LogP contribution in [0.3, 0.4) is 0 Å². The number of anilines is 2. The van der Waals surface area contributed by atoms with Crippen LogP contribution in [0.25, 0.3) is 0 Å². The van der Waals surface area contributed by atoms with E-state index in [-0.39, 0.29) is 45.2 Å². The number of thiazole rings is 1. The molecule has 2 aliphatic heterocycles. The van der Waals surface area contributed by atoms with Gasteiger partial charge in [-0.15, -0.1) is 11.8 Å². The van der Waals surface area contributed by atoms with Crippen molar-refractivity contribution in [1.29, 1.82) is 0 Å². The molecule has 1 aromatic heterocycles. The number of H-pyrrole nitrogens is 1. The van der Waals surface area contributed by atoms with Crippen molar-refractivity contribution < 1.29 is 45.5 Å². The summed E-state index contributed by atoms with van der Waals surface area (Å²) in [7, 11) is 0. The highest BCUT2D eigenvalue weighted by molar-refractivity contribution is 8.00. The lowest BCUT2D eigenvalue weighted by Crippen LogP contribution is -2.42. The molecule has 8 nitrogen and oxygen atoms in total. The molecular formula is C35H25F6N3O5S2. The zero-order valence-electron chi connectivity index (χ0n) is 26.0. The minimum absolute atomic E-state index is 0.0340. The molecule has 8 rings (SSSR count). The molecule has 16 heteroatoms. The van der Waals surface area contributed by atoms with Crippen LogP contribution in [-0.4, -0.2) is 34.6 Å². The molecule has 2 bridgehead atoms. The number of nitrogens with zero attached hydrogens (tertiary/aromatic N) is 1. The van der Waals surface area contributed by atoms with Crippen molar-refractivity contribution in [1.82, 2.24) is 4.98 Å². The number of rotatable bonds is 6. The van der Waals surface area contributed by atoms with E-state index < -0.39 is 59.6 Å². The van der Waals surface area contributed by atoms with Crippen molar-refractivity contribution >= 4 is 52.2 Å². The Balaban J connectivity index is 1.03. The quantitative estimate of drug-likeness (QED) is 0.160. The molecule has 2 saturated carbocycles. The molecule has 4 aliphatic rings. The Kier molecular flexibility index (Phi) is 7.90. The second-order valence-corrected chi connectivity index (χ2v) is 15.2. The first-order valence-electron chi connectivity index (χ1n) is 15.8. The highest BCUT2D eigenvalue weighted by Gasteiger charge is 2.69. The summed E-state index contributed by atoms with van der Waals surface area (Å²) < 4.78 is 85.2. The van der Waals surface area contributed by atoms with Gasteiger partial charge < -0.3 is 15.0 Å². The van der Waals surface area contributed by atoms with E-state index in [1.165, 1.54) is 36.0 Å². The highest BCUT2D eigenvalue weighted by Crippen LogP contribution is 2.68. The number of fused-ring (bicyclic) bond motifs is 9. The minimum atomic E-state index is -4.65. The van der Waals surface area contributed by atoms with Gasteiger partial charge in [-0.05, 0) is 78.3 Å². The Hall–Kier alpha value is -4.57. The van der Waals surface area contributed by atoms with Crippen LogP contribution in [0.1, 0.15) is 33.9 Å². The number of halogens is 6. The number of alkyl halides is 6. The molecular weight excluding hydrogens is 721 g/mol. The van der Waals surface area contributed by atoms with Gasteiger partial charge in [0.2, 0.25) is 11.8 Å². The number of hydrogen-bond donors (Lipinski definition) is 2. The van der Waals surface area contributed by atoms with E-state index in [9.17, 15) is 45.5 Å². The van der Waals surface area contributed by atoms with Crippen LogP contribution in [0.5, 0.6) is 5.75 Å². The van der Waals surface area contributed by atoms with Crippen molar-refractivity contribution in [3.63, 3.8) is 0 Å². The summed E-state index contributed by atoms with van der Waals surface area (Å²) in [6.07, 6.45) is -8.63. The van der Waals surface area contributed by atoms with Crippen LogP contribution in [0.4, 0.5) is 37.7 Å². The van der Waals surface area contributed by atoms with E-state index in [0.29, 0.717) is 17.2 Å². The number of thioether (sulfide) groups is 1. The lowest BCUT2D eigenvalue weighted by atomic mass is 9.68. The smallest absolute Gasteiger partial charge is 0.416 e. The number of hydrogen-bond acceptors (Lipinski definition) is 7. The summed E-state index contributed by atoms with van der Waals surface area (Å²) in [5.74, 6) is -3.78. The van der Waals surface area contributed by atoms with Gasteiger partial charge in [0.15, 0.2) is 6.61 Å². The van der Waals surface area contributed by atoms with Crippen molar-refractivity contribution in [2.45, 2.75) is 35.0 Å². The van der Waals surface area contributed by atoms with Crippen LogP contribution in [0, 0.1) is 29.6 Å². The summed E-state index contributed by atoms with van der Waals surface area (Å²) in [6.45, 7) is -0.477. The molecule has 0 spiro atoms. The predicted molar refractivity (Wildman–Crippen MR) is 174 cm³/mol. The second kappa shape index (κ2) is 12.0. The first kappa shape index (κ1) is 33.6. The van der Waals surface area contributed by atoms with E-state index in [1.807, 2.05) is 0 Å². The van der Waals surface area contributed by atoms with Gasteiger partial charge in [0.25, 0.3) is 5.91 Å². The number of carbonyl (C=O) groups is 3. The summed E-state index contributed by atoms with van der Waals surface area (Å²) in [5, 5.41) is 2.92. The average Bonchev–Trinajstić information content (AvgIpc) is 3.82. The van der Waals surface area contributed by atoms with Crippen molar-refractivity contribution in [3.05, 3.63) is 104 Å². The third-order valence-electron chi connectivity index (χ3n) is 10.2. The summed E-state index contributed by atoms with van der Waals surface area (Å²) in [4.78, 5) is 57.1. The molecule has 7 atom stereocenters. The van der Waals surface area contributed by atoms with E-state index in [1.54, 1.807) is 24.3 Å². The van der Waals surface area contributed by atoms with Crippen molar-refractivity contribution in [2.75, 3.05) is 16.8 Å². The second-order valence-electron chi connectivity index (χ2n) is 13.0. The maximum Gasteiger partial charge on any atom is 0.416 e. The number of ether oxygens (including phenoxy) is 1. The van der Waals surface area contributed by atoms with Crippen LogP contribution >= 0.6 is 23.1 Å². The zero-order valence-corrected chi connectivity index (χ0v) is 27.6. The maximum atomic E-state index is 13.9. The number of nitrogens with one attached hydrogen (secondary N) is 2. The predicted octanol–water partition coefficient (Wildman–Crippen LogP) is 7.17. The average molecular weight is 746 g/mol. The summed E-state index contributed by atoms with van der Waals surface area (Å²) in [5.41, 5.74) is -1.20. The topological polar surface area (TPSA) is 109 Å². The van der Waals surface area contributed by atoms with Crippen LogP contribution in [0.15, 0.2) is 82.6 Å². The van der Waals surface area contributed by atoms with Crippen molar-refractivity contribution in [3.8, 4) is 5.75 Å². The van der Waals surface area contributed by atoms with E-state index in [2.05, 4.69) is 10.3 Å². The molecule has 3 heterocycles. The number of carbonyl (C=O) groups excluding carboxylic acids is 3.